The third kappa shape index (κ3) is 7.62. The molecule has 0 aromatic carbocycles. The number of sulfonamides is 2. The summed E-state index contributed by atoms with van der Waals surface area (Å²) in [6.07, 6.45) is 1.70. The summed E-state index contributed by atoms with van der Waals surface area (Å²) < 4.78 is 68.2. The van der Waals surface area contributed by atoms with E-state index in [2.05, 4.69) is 0 Å². The molecule has 9 nitrogen and oxygen atoms in total. The molecule has 0 aromatic rings. The third-order valence-electron chi connectivity index (χ3n) is 1.24. The van der Waals surface area contributed by atoms with Crippen LogP contribution in [0, 0.1) is 0 Å². The largest absolute Gasteiger partial charge is 0.306 e. The Balaban J connectivity index is 5.20. The Labute approximate surface area is 101 Å². The van der Waals surface area contributed by atoms with Gasteiger partial charge in [-0.25, -0.2) is 16.8 Å². The predicted molar refractivity (Wildman–Crippen MR) is 61.9 cm³/mol. The van der Waals surface area contributed by atoms with Gasteiger partial charge in [-0.3, -0.25) is 0 Å². The van der Waals surface area contributed by atoms with Crippen LogP contribution < -0.4 is 8.96 Å². The monoisotopic (exact) mass is 309 g/mol. The lowest BCUT2D eigenvalue weighted by molar-refractivity contribution is 0.375. The summed E-state index contributed by atoms with van der Waals surface area (Å²) >= 11 is 0. The second-order valence-corrected chi connectivity index (χ2v) is 8.62. The second kappa shape index (κ2) is 5.58. The summed E-state index contributed by atoms with van der Waals surface area (Å²) in [4.78, 5) is 1.71. The molecular formula is C5H15N3O6S3. The van der Waals surface area contributed by atoms with Crippen LogP contribution in [0.3, 0.4) is 0 Å². The van der Waals surface area contributed by atoms with Gasteiger partial charge in [0.05, 0.1) is 12.5 Å². The van der Waals surface area contributed by atoms with Crippen LogP contribution in [0.15, 0.2) is 0 Å². The fourth-order valence-corrected chi connectivity index (χ4v) is 4.41. The highest BCUT2D eigenvalue weighted by Gasteiger charge is 2.27. The van der Waals surface area contributed by atoms with Crippen LogP contribution in [0.2, 0.25) is 0 Å². The van der Waals surface area contributed by atoms with Crippen LogP contribution in [0.5, 0.6) is 0 Å². The van der Waals surface area contributed by atoms with Crippen molar-refractivity contribution in [2.45, 2.75) is 13.3 Å². The first-order valence-corrected chi connectivity index (χ1v) is 9.58. The Morgan fingerprint density at radius 2 is 1.41 bits per heavy atom. The molecule has 0 spiro atoms. The van der Waals surface area contributed by atoms with Gasteiger partial charge in [0.25, 0.3) is 0 Å². The van der Waals surface area contributed by atoms with E-state index in [9.17, 15) is 25.3 Å². The van der Waals surface area contributed by atoms with Crippen molar-refractivity contribution in [3.8, 4) is 0 Å². The van der Waals surface area contributed by atoms with Crippen LogP contribution in [0.4, 0.5) is 0 Å². The van der Waals surface area contributed by atoms with Crippen molar-refractivity contribution in [2.75, 3.05) is 19.1 Å². The predicted octanol–water partition coefficient (Wildman–Crippen LogP) is -2.04. The molecular weight excluding hydrogens is 294 g/mol. The molecule has 0 aliphatic rings. The Morgan fingerprint density at radius 3 is 1.71 bits per heavy atom. The minimum atomic E-state index is -4.47. The maximum atomic E-state index is 11.5. The summed E-state index contributed by atoms with van der Waals surface area (Å²) in [6, 6.07) is 0. The summed E-state index contributed by atoms with van der Waals surface area (Å²) in [5, 5.41) is 0. The zero-order chi connectivity index (χ0) is 13.9. The van der Waals surface area contributed by atoms with Gasteiger partial charge >= 0.3 is 10.2 Å². The molecule has 0 rings (SSSR count). The molecule has 0 unspecified atom stereocenters. The summed E-state index contributed by atoms with van der Waals surface area (Å²) in [5.41, 5.74) is 0. The van der Waals surface area contributed by atoms with E-state index in [1.165, 1.54) is 4.13 Å². The molecule has 0 heterocycles. The van der Waals surface area contributed by atoms with Gasteiger partial charge in [0.2, 0.25) is 20.0 Å². The van der Waals surface area contributed by atoms with Gasteiger partial charge < -0.3 is 0 Å². The van der Waals surface area contributed by atoms with Gasteiger partial charge in [-0.05, 0) is 6.42 Å². The minimum absolute atomic E-state index is 0.197. The highest BCUT2D eigenvalue weighted by Crippen LogP contribution is 1.99. The summed E-state index contributed by atoms with van der Waals surface area (Å²) in [5.74, 6) is 0. The van der Waals surface area contributed by atoms with E-state index in [1.54, 1.807) is 11.8 Å². The molecule has 0 aliphatic carbocycles. The highest BCUT2D eigenvalue weighted by molar-refractivity contribution is 8.03. The number of hydrazine groups is 1. The molecule has 0 aromatic heterocycles. The second-order valence-electron chi connectivity index (χ2n) is 3.30. The lowest BCUT2D eigenvalue weighted by Crippen LogP contribution is -2.51. The molecule has 0 atom stereocenters. The maximum Gasteiger partial charge on any atom is 0.306 e. The Bertz CT molecular complexity index is 548. The normalized spacial score (nSPS) is 14.1. The fraction of sp³-hybridized carbons (Fsp3) is 1.00. The van der Waals surface area contributed by atoms with Crippen molar-refractivity contribution in [3.63, 3.8) is 0 Å². The highest BCUT2D eigenvalue weighted by atomic mass is 32.3. The number of rotatable bonds is 7. The SMILES string of the molecule is CCCN(NS(C)(=O)=O)S(=O)(=O)NS(C)(=O)=O. The number of nitrogens with one attached hydrogen (secondary N) is 2. The lowest BCUT2D eigenvalue weighted by Gasteiger charge is -2.20. The van der Waals surface area contributed by atoms with E-state index < -0.39 is 30.3 Å². The summed E-state index contributed by atoms with van der Waals surface area (Å²) in [6.45, 7) is 1.41. The number of hydrogen-bond donors (Lipinski definition) is 2. The van der Waals surface area contributed by atoms with Crippen molar-refractivity contribution in [1.82, 2.24) is 13.4 Å². The molecule has 17 heavy (non-hydrogen) atoms. The molecule has 0 fully saturated rings. The Morgan fingerprint density at radius 1 is 0.941 bits per heavy atom. The molecule has 2 N–H and O–H groups in total. The van der Waals surface area contributed by atoms with Crippen LogP contribution in [0.25, 0.3) is 0 Å². The molecule has 0 amide bonds. The smallest absolute Gasteiger partial charge is 0.212 e. The van der Waals surface area contributed by atoms with E-state index in [4.69, 9.17) is 0 Å². The first-order valence-electron chi connectivity index (χ1n) is 4.36. The average molecular weight is 309 g/mol. The minimum Gasteiger partial charge on any atom is -0.212 e. The first kappa shape index (κ1) is 16.7. The van der Waals surface area contributed by atoms with Gasteiger partial charge in [0, 0.05) is 6.54 Å². The molecule has 0 aliphatic heterocycles. The van der Waals surface area contributed by atoms with Crippen LogP contribution in [0.1, 0.15) is 13.3 Å². The van der Waals surface area contributed by atoms with E-state index in [0.29, 0.717) is 17.1 Å². The van der Waals surface area contributed by atoms with Crippen molar-refractivity contribution >= 4 is 30.3 Å². The molecule has 104 valence electrons. The lowest BCUT2D eigenvalue weighted by atomic mass is 10.5. The average Bonchev–Trinajstić information content (AvgIpc) is 1.95. The van der Waals surface area contributed by atoms with E-state index in [0.717, 1.165) is 6.26 Å². The Kier molecular flexibility index (Phi) is 5.49. The van der Waals surface area contributed by atoms with E-state index in [-0.39, 0.29) is 6.54 Å². The van der Waals surface area contributed by atoms with Gasteiger partial charge in [-0.1, -0.05) is 11.1 Å². The Hall–Kier alpha value is -0.270. The standard InChI is InChI=1S/C5H15N3O6S3/c1-4-5-8(6-15(2,9)10)17(13,14)7-16(3,11)12/h6-7H,4-5H2,1-3H3. The zero-order valence-corrected chi connectivity index (χ0v) is 12.0. The maximum absolute atomic E-state index is 11.5. The number of hydrogen-bond acceptors (Lipinski definition) is 6. The quantitative estimate of drug-likeness (QED) is 0.521. The molecule has 0 saturated heterocycles. The van der Waals surface area contributed by atoms with Gasteiger partial charge in [0.15, 0.2) is 0 Å². The van der Waals surface area contributed by atoms with E-state index in [1.807, 2.05) is 0 Å². The van der Waals surface area contributed by atoms with Gasteiger partial charge in [-0.15, -0.1) is 9.25 Å². The van der Waals surface area contributed by atoms with Crippen molar-refractivity contribution < 1.29 is 25.3 Å². The number of nitrogens with zero attached hydrogens (tertiary/aromatic N) is 1. The van der Waals surface area contributed by atoms with Crippen molar-refractivity contribution in [2.24, 2.45) is 0 Å². The molecule has 12 heteroatoms. The molecule has 0 saturated carbocycles. The van der Waals surface area contributed by atoms with Crippen molar-refractivity contribution in [1.29, 1.82) is 0 Å². The first-order chi connectivity index (χ1) is 7.37. The zero-order valence-electron chi connectivity index (χ0n) is 9.54. The topological polar surface area (TPSA) is 130 Å². The van der Waals surface area contributed by atoms with Crippen LogP contribution in [-0.2, 0) is 30.3 Å². The van der Waals surface area contributed by atoms with Crippen LogP contribution >= 0.6 is 0 Å². The fourth-order valence-electron chi connectivity index (χ4n) is 0.839. The van der Waals surface area contributed by atoms with Crippen molar-refractivity contribution in [3.05, 3.63) is 0 Å². The summed E-state index contributed by atoms with van der Waals surface area (Å²) in [7, 11) is -12.3. The van der Waals surface area contributed by atoms with Gasteiger partial charge in [-0.2, -0.15) is 8.42 Å². The van der Waals surface area contributed by atoms with E-state index >= 15 is 0 Å². The van der Waals surface area contributed by atoms with Crippen LogP contribution in [-0.4, -0.2) is 48.7 Å². The third-order valence-corrected chi connectivity index (χ3v) is 4.82. The van der Waals surface area contributed by atoms with Gasteiger partial charge in [0.1, 0.15) is 0 Å². The molecule has 0 bridgehead atoms. The molecule has 0 radical (unpaired) electrons.